The standard InChI is InChI=1S/C19H14N4OS/c24-17-10-13(12-6-2-1-3-7-12)14-11-23(22-18(14)21-17)19-20-15-8-4-5-9-16(15)25-19/h1-9,11,13H,10H2,(H,21,22,24). The molecule has 2 aromatic carbocycles. The maximum atomic E-state index is 12.1. The summed E-state index contributed by atoms with van der Waals surface area (Å²) in [5.74, 6) is 0.647. The minimum Gasteiger partial charge on any atom is -0.309 e. The first-order valence-electron chi connectivity index (χ1n) is 8.08. The van der Waals surface area contributed by atoms with Crippen molar-refractivity contribution >= 4 is 33.3 Å². The molecule has 1 unspecified atom stereocenters. The zero-order chi connectivity index (χ0) is 16.8. The van der Waals surface area contributed by atoms with Gasteiger partial charge in [0.1, 0.15) is 0 Å². The Morgan fingerprint density at radius 3 is 2.72 bits per heavy atom. The van der Waals surface area contributed by atoms with Crippen LogP contribution in [0.4, 0.5) is 5.82 Å². The lowest BCUT2D eigenvalue weighted by Gasteiger charge is -2.21. The van der Waals surface area contributed by atoms with Crippen LogP contribution < -0.4 is 5.32 Å². The second-order valence-corrected chi connectivity index (χ2v) is 7.07. The molecule has 0 saturated heterocycles. The van der Waals surface area contributed by atoms with Gasteiger partial charge in [-0.3, -0.25) is 4.79 Å². The minimum atomic E-state index is -0.00379. The zero-order valence-electron chi connectivity index (χ0n) is 13.2. The van der Waals surface area contributed by atoms with Gasteiger partial charge in [-0.1, -0.05) is 53.8 Å². The Hall–Kier alpha value is -2.99. The number of aromatic nitrogens is 3. The zero-order valence-corrected chi connectivity index (χ0v) is 14.0. The lowest BCUT2D eigenvalue weighted by atomic mass is 9.87. The summed E-state index contributed by atoms with van der Waals surface area (Å²) in [6.07, 6.45) is 2.42. The van der Waals surface area contributed by atoms with Crippen LogP contribution in [0.3, 0.4) is 0 Å². The SMILES string of the molecule is O=C1CC(c2ccccc2)c2cn(-c3nc4ccccc4s3)nc2N1. The van der Waals surface area contributed by atoms with Gasteiger partial charge in [0.2, 0.25) is 11.0 Å². The summed E-state index contributed by atoms with van der Waals surface area (Å²) in [7, 11) is 0. The molecule has 0 spiro atoms. The van der Waals surface area contributed by atoms with Crippen molar-refractivity contribution < 1.29 is 4.79 Å². The fourth-order valence-corrected chi connectivity index (χ4v) is 4.15. The van der Waals surface area contributed by atoms with Crippen LogP contribution in [-0.4, -0.2) is 20.7 Å². The number of benzene rings is 2. The number of nitrogens with one attached hydrogen (secondary N) is 1. The van der Waals surface area contributed by atoms with Crippen molar-refractivity contribution in [2.75, 3.05) is 5.32 Å². The quantitative estimate of drug-likeness (QED) is 0.598. The molecule has 1 aliphatic rings. The van der Waals surface area contributed by atoms with E-state index in [-0.39, 0.29) is 11.8 Å². The maximum absolute atomic E-state index is 12.1. The first-order valence-corrected chi connectivity index (χ1v) is 8.90. The molecule has 0 saturated carbocycles. The van der Waals surface area contributed by atoms with Gasteiger partial charge in [0.25, 0.3) is 0 Å². The number of carbonyl (C=O) groups excluding carboxylic acids is 1. The average Bonchev–Trinajstić information content (AvgIpc) is 3.25. The molecule has 6 heteroatoms. The Morgan fingerprint density at radius 1 is 1.08 bits per heavy atom. The summed E-state index contributed by atoms with van der Waals surface area (Å²) >= 11 is 1.59. The van der Waals surface area contributed by atoms with Gasteiger partial charge in [-0.2, -0.15) is 0 Å². The van der Waals surface area contributed by atoms with E-state index in [0.29, 0.717) is 12.2 Å². The number of para-hydroxylation sites is 1. The Kier molecular flexibility index (Phi) is 3.18. The van der Waals surface area contributed by atoms with Crippen molar-refractivity contribution in [3.8, 4) is 5.13 Å². The van der Waals surface area contributed by atoms with E-state index in [9.17, 15) is 4.79 Å². The monoisotopic (exact) mass is 346 g/mol. The van der Waals surface area contributed by atoms with Crippen molar-refractivity contribution in [1.82, 2.24) is 14.8 Å². The Labute approximate surface area is 147 Å². The second-order valence-electron chi connectivity index (χ2n) is 6.06. The second kappa shape index (κ2) is 5.53. The third-order valence-corrected chi connectivity index (χ3v) is 5.47. The van der Waals surface area contributed by atoms with Crippen molar-refractivity contribution in [2.45, 2.75) is 12.3 Å². The molecule has 0 bridgehead atoms. The molecule has 3 heterocycles. The van der Waals surface area contributed by atoms with Gasteiger partial charge in [0.05, 0.1) is 10.2 Å². The highest BCUT2D eigenvalue weighted by atomic mass is 32.1. The largest absolute Gasteiger partial charge is 0.309 e. The highest BCUT2D eigenvalue weighted by Gasteiger charge is 2.29. The highest BCUT2D eigenvalue weighted by molar-refractivity contribution is 7.20. The normalized spacial score (nSPS) is 16.6. The number of fused-ring (bicyclic) bond motifs is 2. The molecule has 1 atom stereocenters. The average molecular weight is 346 g/mol. The van der Waals surface area contributed by atoms with E-state index in [2.05, 4.69) is 33.6 Å². The summed E-state index contributed by atoms with van der Waals surface area (Å²) in [6.45, 7) is 0. The van der Waals surface area contributed by atoms with Gasteiger partial charge in [-0.15, -0.1) is 5.10 Å². The van der Waals surface area contributed by atoms with E-state index in [1.165, 1.54) is 0 Å². The number of rotatable bonds is 2. The smallest absolute Gasteiger partial charge is 0.226 e. The summed E-state index contributed by atoms with van der Waals surface area (Å²) in [4.78, 5) is 16.8. The molecule has 0 aliphatic carbocycles. The van der Waals surface area contributed by atoms with E-state index in [1.54, 1.807) is 16.0 Å². The first kappa shape index (κ1) is 14.4. The summed E-state index contributed by atoms with van der Waals surface area (Å²) in [5, 5.41) is 8.27. The predicted molar refractivity (Wildman–Crippen MR) is 98.3 cm³/mol. The fourth-order valence-electron chi connectivity index (χ4n) is 3.26. The lowest BCUT2D eigenvalue weighted by Crippen LogP contribution is -2.22. The van der Waals surface area contributed by atoms with Crippen LogP contribution in [0.1, 0.15) is 23.5 Å². The van der Waals surface area contributed by atoms with Crippen molar-refractivity contribution in [2.24, 2.45) is 0 Å². The van der Waals surface area contributed by atoms with Gasteiger partial charge >= 0.3 is 0 Å². The summed E-state index contributed by atoms with van der Waals surface area (Å²) in [5.41, 5.74) is 3.12. The number of amides is 1. The van der Waals surface area contributed by atoms with Crippen LogP contribution in [0.15, 0.2) is 60.8 Å². The Balaban J connectivity index is 1.62. The van der Waals surface area contributed by atoms with Crippen LogP contribution in [0, 0.1) is 0 Å². The van der Waals surface area contributed by atoms with E-state index in [4.69, 9.17) is 0 Å². The number of nitrogens with zero attached hydrogens (tertiary/aromatic N) is 3. The first-order chi connectivity index (χ1) is 12.3. The van der Waals surface area contributed by atoms with E-state index in [1.807, 2.05) is 42.6 Å². The molecular formula is C19H14N4OS. The molecule has 0 radical (unpaired) electrons. The molecule has 2 aromatic heterocycles. The van der Waals surface area contributed by atoms with Gasteiger partial charge < -0.3 is 5.32 Å². The molecule has 1 N–H and O–H groups in total. The summed E-state index contributed by atoms with van der Waals surface area (Å²) < 4.78 is 2.89. The molecule has 0 fully saturated rings. The molecular weight excluding hydrogens is 332 g/mol. The van der Waals surface area contributed by atoms with Crippen molar-refractivity contribution in [3.05, 3.63) is 71.9 Å². The minimum absolute atomic E-state index is 0.00379. The summed E-state index contributed by atoms with van der Waals surface area (Å²) in [6, 6.07) is 18.1. The van der Waals surface area contributed by atoms with E-state index < -0.39 is 0 Å². The van der Waals surface area contributed by atoms with Crippen molar-refractivity contribution in [1.29, 1.82) is 0 Å². The lowest BCUT2D eigenvalue weighted by molar-refractivity contribution is -0.116. The van der Waals surface area contributed by atoms with E-state index in [0.717, 1.165) is 26.5 Å². The van der Waals surface area contributed by atoms with Crippen LogP contribution >= 0.6 is 11.3 Å². The molecule has 5 rings (SSSR count). The van der Waals surface area contributed by atoms with Gasteiger partial charge in [-0.05, 0) is 17.7 Å². The maximum Gasteiger partial charge on any atom is 0.226 e. The Bertz CT molecular complexity index is 1050. The molecule has 122 valence electrons. The van der Waals surface area contributed by atoms with E-state index >= 15 is 0 Å². The third kappa shape index (κ3) is 2.42. The number of anilines is 1. The van der Waals surface area contributed by atoms with Crippen LogP contribution in [-0.2, 0) is 4.79 Å². The van der Waals surface area contributed by atoms with Crippen LogP contribution in [0.25, 0.3) is 15.3 Å². The number of hydrogen-bond donors (Lipinski definition) is 1. The molecule has 5 nitrogen and oxygen atoms in total. The number of hydrogen-bond acceptors (Lipinski definition) is 4. The molecule has 4 aromatic rings. The van der Waals surface area contributed by atoms with Gasteiger partial charge in [-0.25, -0.2) is 9.67 Å². The van der Waals surface area contributed by atoms with Crippen LogP contribution in [0.2, 0.25) is 0 Å². The molecule has 1 amide bonds. The highest BCUT2D eigenvalue weighted by Crippen LogP contribution is 2.37. The molecule has 1 aliphatic heterocycles. The number of carbonyl (C=O) groups is 1. The molecule has 25 heavy (non-hydrogen) atoms. The number of thiazole rings is 1. The van der Waals surface area contributed by atoms with Crippen molar-refractivity contribution in [3.63, 3.8) is 0 Å². The van der Waals surface area contributed by atoms with Gasteiger partial charge in [0.15, 0.2) is 5.82 Å². The fraction of sp³-hybridized carbons (Fsp3) is 0.105. The van der Waals surface area contributed by atoms with Gasteiger partial charge in [0, 0.05) is 24.1 Å². The predicted octanol–water partition coefficient (Wildman–Crippen LogP) is 3.96. The van der Waals surface area contributed by atoms with Crippen LogP contribution in [0.5, 0.6) is 0 Å². The third-order valence-electron chi connectivity index (χ3n) is 4.45. The topological polar surface area (TPSA) is 59.8 Å². The Morgan fingerprint density at radius 2 is 1.88 bits per heavy atom.